The standard InChI is InChI=1S/C10H11BrN4O/c1-10(2,3)9-14-7-6(8(16)15-9)12-4-5(11)13-7/h4H,1-3H3,(H,13,14,15,16). The van der Waals surface area contributed by atoms with Crippen LogP contribution in [0, 0.1) is 0 Å². The zero-order valence-corrected chi connectivity index (χ0v) is 10.8. The van der Waals surface area contributed by atoms with Crippen LogP contribution >= 0.6 is 15.9 Å². The third-order valence-corrected chi connectivity index (χ3v) is 2.48. The number of aromatic nitrogens is 4. The fourth-order valence-electron chi connectivity index (χ4n) is 1.25. The molecule has 0 aromatic carbocycles. The number of halogens is 1. The Bertz CT molecular complexity index is 600. The van der Waals surface area contributed by atoms with Crippen LogP contribution in [0.2, 0.25) is 0 Å². The van der Waals surface area contributed by atoms with E-state index in [0.717, 1.165) is 0 Å². The summed E-state index contributed by atoms with van der Waals surface area (Å²) < 4.78 is 0.568. The van der Waals surface area contributed by atoms with Crippen molar-refractivity contribution in [3.05, 3.63) is 27.0 Å². The Kier molecular flexibility index (Phi) is 2.53. The summed E-state index contributed by atoms with van der Waals surface area (Å²) in [4.78, 5) is 26.9. The largest absolute Gasteiger partial charge is 0.308 e. The van der Waals surface area contributed by atoms with Gasteiger partial charge in [-0.15, -0.1) is 0 Å². The lowest BCUT2D eigenvalue weighted by atomic mass is 9.96. The molecular weight excluding hydrogens is 272 g/mol. The van der Waals surface area contributed by atoms with Gasteiger partial charge in [0.1, 0.15) is 10.4 Å². The molecule has 1 N–H and O–H groups in total. The fraction of sp³-hybridized carbons (Fsp3) is 0.400. The molecule has 0 unspecified atom stereocenters. The third kappa shape index (κ3) is 1.97. The minimum atomic E-state index is -0.255. The van der Waals surface area contributed by atoms with Crippen LogP contribution in [-0.2, 0) is 5.41 Å². The smallest absolute Gasteiger partial charge is 0.279 e. The van der Waals surface area contributed by atoms with Gasteiger partial charge in [0.05, 0.1) is 6.20 Å². The average Bonchev–Trinajstić information content (AvgIpc) is 2.15. The first kappa shape index (κ1) is 11.2. The second-order valence-electron chi connectivity index (χ2n) is 4.53. The van der Waals surface area contributed by atoms with E-state index in [2.05, 4.69) is 35.9 Å². The molecule has 0 radical (unpaired) electrons. The molecule has 0 amide bonds. The number of fused-ring (bicyclic) bond motifs is 1. The molecule has 2 aromatic heterocycles. The molecule has 5 nitrogen and oxygen atoms in total. The highest BCUT2D eigenvalue weighted by Crippen LogP contribution is 2.18. The number of hydrogen-bond acceptors (Lipinski definition) is 4. The zero-order chi connectivity index (χ0) is 11.9. The van der Waals surface area contributed by atoms with Crippen LogP contribution in [0.1, 0.15) is 26.6 Å². The lowest BCUT2D eigenvalue weighted by Crippen LogP contribution is -2.23. The molecule has 6 heteroatoms. The number of nitrogens with zero attached hydrogens (tertiary/aromatic N) is 3. The average molecular weight is 283 g/mol. The van der Waals surface area contributed by atoms with Gasteiger partial charge in [-0.05, 0) is 15.9 Å². The van der Waals surface area contributed by atoms with Crippen molar-refractivity contribution in [2.75, 3.05) is 0 Å². The summed E-state index contributed by atoms with van der Waals surface area (Å²) in [5.41, 5.74) is 0.145. The van der Waals surface area contributed by atoms with Crippen molar-refractivity contribution in [2.45, 2.75) is 26.2 Å². The summed E-state index contributed by atoms with van der Waals surface area (Å²) >= 11 is 3.21. The van der Waals surface area contributed by atoms with Crippen molar-refractivity contribution in [1.82, 2.24) is 19.9 Å². The Labute approximate surface area is 100 Å². The molecule has 2 heterocycles. The Balaban J connectivity index is 2.80. The molecule has 0 fully saturated rings. The molecular formula is C10H11BrN4O. The Morgan fingerprint density at radius 1 is 1.31 bits per heavy atom. The van der Waals surface area contributed by atoms with Crippen LogP contribution in [0.3, 0.4) is 0 Å². The van der Waals surface area contributed by atoms with Crippen LogP contribution < -0.4 is 5.56 Å². The van der Waals surface area contributed by atoms with Gasteiger partial charge in [-0.1, -0.05) is 20.8 Å². The van der Waals surface area contributed by atoms with Gasteiger partial charge in [-0.3, -0.25) is 4.79 Å². The van der Waals surface area contributed by atoms with Crippen molar-refractivity contribution < 1.29 is 0 Å². The highest BCUT2D eigenvalue weighted by molar-refractivity contribution is 9.10. The van der Waals surface area contributed by atoms with Crippen molar-refractivity contribution in [1.29, 1.82) is 0 Å². The molecule has 0 spiro atoms. The number of hydrogen-bond donors (Lipinski definition) is 1. The monoisotopic (exact) mass is 282 g/mol. The summed E-state index contributed by atoms with van der Waals surface area (Å²) in [5, 5.41) is 0. The highest BCUT2D eigenvalue weighted by atomic mass is 79.9. The minimum Gasteiger partial charge on any atom is -0.308 e. The SMILES string of the molecule is CC(C)(C)c1nc2nc(Br)cnc2c(=O)[nH]1. The maximum absolute atomic E-state index is 11.7. The van der Waals surface area contributed by atoms with Gasteiger partial charge in [-0.25, -0.2) is 15.0 Å². The summed E-state index contributed by atoms with van der Waals surface area (Å²) in [6.45, 7) is 5.92. The van der Waals surface area contributed by atoms with Gasteiger partial charge < -0.3 is 4.98 Å². The number of aromatic amines is 1. The molecule has 0 saturated heterocycles. The van der Waals surface area contributed by atoms with E-state index in [0.29, 0.717) is 16.1 Å². The predicted molar refractivity (Wildman–Crippen MR) is 64.4 cm³/mol. The van der Waals surface area contributed by atoms with Crippen molar-refractivity contribution in [3.63, 3.8) is 0 Å². The first-order valence-corrected chi connectivity index (χ1v) is 5.60. The first-order valence-electron chi connectivity index (χ1n) is 4.81. The van der Waals surface area contributed by atoms with Crippen LogP contribution in [-0.4, -0.2) is 19.9 Å². The second-order valence-corrected chi connectivity index (χ2v) is 5.34. The quantitative estimate of drug-likeness (QED) is 0.799. The van der Waals surface area contributed by atoms with Gasteiger partial charge in [0.2, 0.25) is 0 Å². The molecule has 2 aromatic rings. The fourth-order valence-corrected chi connectivity index (χ4v) is 1.52. The second kappa shape index (κ2) is 3.62. The summed E-state index contributed by atoms with van der Waals surface area (Å²) in [7, 11) is 0. The van der Waals surface area contributed by atoms with E-state index in [1.807, 2.05) is 20.8 Å². The molecule has 0 bridgehead atoms. The van der Waals surface area contributed by atoms with Crippen LogP contribution in [0.25, 0.3) is 11.2 Å². The molecule has 16 heavy (non-hydrogen) atoms. The normalized spacial score (nSPS) is 12.0. The van der Waals surface area contributed by atoms with E-state index in [1.165, 1.54) is 6.20 Å². The lowest BCUT2D eigenvalue weighted by molar-refractivity contribution is 0.545. The van der Waals surface area contributed by atoms with Crippen molar-refractivity contribution in [3.8, 4) is 0 Å². The van der Waals surface area contributed by atoms with E-state index in [4.69, 9.17) is 0 Å². The highest BCUT2D eigenvalue weighted by Gasteiger charge is 2.18. The van der Waals surface area contributed by atoms with Gasteiger partial charge in [-0.2, -0.15) is 0 Å². The van der Waals surface area contributed by atoms with E-state index < -0.39 is 0 Å². The summed E-state index contributed by atoms with van der Waals surface area (Å²) in [5.74, 6) is 0.609. The van der Waals surface area contributed by atoms with E-state index in [1.54, 1.807) is 0 Å². The van der Waals surface area contributed by atoms with Crippen LogP contribution in [0.5, 0.6) is 0 Å². The third-order valence-electron chi connectivity index (χ3n) is 2.10. The molecule has 0 aliphatic rings. The molecule has 2 rings (SSSR count). The van der Waals surface area contributed by atoms with Crippen LogP contribution in [0.4, 0.5) is 0 Å². The molecule has 84 valence electrons. The summed E-state index contributed by atoms with van der Waals surface area (Å²) in [6, 6.07) is 0. The summed E-state index contributed by atoms with van der Waals surface area (Å²) in [6.07, 6.45) is 1.48. The molecule has 0 aliphatic heterocycles. The maximum atomic E-state index is 11.7. The lowest BCUT2D eigenvalue weighted by Gasteiger charge is -2.16. The maximum Gasteiger partial charge on any atom is 0.279 e. The Morgan fingerprint density at radius 2 is 2.00 bits per heavy atom. The van der Waals surface area contributed by atoms with E-state index in [-0.39, 0.29) is 16.5 Å². The molecule has 0 aliphatic carbocycles. The number of rotatable bonds is 0. The molecule has 0 saturated carbocycles. The minimum absolute atomic E-state index is 0.225. The number of H-pyrrole nitrogens is 1. The Hall–Kier alpha value is -1.30. The van der Waals surface area contributed by atoms with Crippen molar-refractivity contribution >= 4 is 27.1 Å². The molecule has 0 atom stereocenters. The van der Waals surface area contributed by atoms with Gasteiger partial charge in [0.15, 0.2) is 11.2 Å². The number of nitrogens with one attached hydrogen (secondary N) is 1. The van der Waals surface area contributed by atoms with Gasteiger partial charge in [0.25, 0.3) is 5.56 Å². The Morgan fingerprint density at radius 3 is 2.62 bits per heavy atom. The topological polar surface area (TPSA) is 71.5 Å². The van der Waals surface area contributed by atoms with Crippen LogP contribution in [0.15, 0.2) is 15.6 Å². The van der Waals surface area contributed by atoms with E-state index >= 15 is 0 Å². The van der Waals surface area contributed by atoms with Crippen molar-refractivity contribution in [2.24, 2.45) is 0 Å². The predicted octanol–water partition coefficient (Wildman–Crippen LogP) is 1.77. The van der Waals surface area contributed by atoms with E-state index in [9.17, 15) is 4.79 Å². The van der Waals surface area contributed by atoms with Gasteiger partial charge >= 0.3 is 0 Å². The van der Waals surface area contributed by atoms with Gasteiger partial charge in [0, 0.05) is 5.41 Å². The first-order chi connectivity index (χ1) is 7.38. The zero-order valence-electron chi connectivity index (χ0n) is 9.21.